The highest BCUT2D eigenvalue weighted by molar-refractivity contribution is 6.35. The lowest BCUT2D eigenvalue weighted by Crippen LogP contribution is -2.45. The highest BCUT2D eigenvalue weighted by atomic mass is 19.4. The summed E-state index contributed by atoms with van der Waals surface area (Å²) < 4.78 is 35.7. The maximum absolute atomic E-state index is 11.9. The molecule has 1 rings (SSSR count). The van der Waals surface area contributed by atoms with Crippen LogP contribution in [-0.2, 0) is 9.59 Å². The van der Waals surface area contributed by atoms with Gasteiger partial charge in [-0.3, -0.25) is 9.59 Å². The van der Waals surface area contributed by atoms with Crippen LogP contribution in [0.3, 0.4) is 0 Å². The van der Waals surface area contributed by atoms with E-state index in [0.717, 1.165) is 0 Å². The van der Waals surface area contributed by atoms with E-state index in [1.165, 1.54) is 5.32 Å². The second-order valence-corrected chi connectivity index (χ2v) is 3.92. The molecule has 0 aliphatic rings. The summed E-state index contributed by atoms with van der Waals surface area (Å²) in [5.41, 5.74) is 0.534. The molecule has 1 unspecified atom stereocenters. The molecule has 1 aromatic carbocycles. The minimum atomic E-state index is -4.59. The number of halogens is 3. The highest BCUT2D eigenvalue weighted by Gasteiger charge is 2.29. The molecule has 0 spiro atoms. The van der Waals surface area contributed by atoms with Gasteiger partial charge in [0, 0.05) is 0 Å². The zero-order valence-corrected chi connectivity index (χ0v) is 10.3. The van der Waals surface area contributed by atoms with Gasteiger partial charge in [-0.05, 0) is 5.56 Å². The average molecular weight is 290 g/mol. The van der Waals surface area contributed by atoms with Crippen LogP contribution >= 0.6 is 0 Å². The van der Waals surface area contributed by atoms with E-state index in [1.54, 1.807) is 30.3 Å². The van der Waals surface area contributed by atoms with E-state index in [-0.39, 0.29) is 0 Å². The summed E-state index contributed by atoms with van der Waals surface area (Å²) in [6, 6.07) is 7.39. The zero-order chi connectivity index (χ0) is 15.2. The zero-order valence-electron chi connectivity index (χ0n) is 10.3. The van der Waals surface area contributed by atoms with Gasteiger partial charge in [0.1, 0.15) is 6.54 Å². The first-order chi connectivity index (χ1) is 9.33. The van der Waals surface area contributed by atoms with Crippen LogP contribution in [0.1, 0.15) is 11.6 Å². The summed E-state index contributed by atoms with van der Waals surface area (Å²) in [4.78, 5) is 22.6. The monoisotopic (exact) mass is 290 g/mol. The molecule has 8 heteroatoms. The number of aliphatic hydroxyl groups is 1. The fourth-order valence-corrected chi connectivity index (χ4v) is 1.40. The molecule has 0 heterocycles. The summed E-state index contributed by atoms with van der Waals surface area (Å²) in [6.07, 6.45) is -4.59. The van der Waals surface area contributed by atoms with Gasteiger partial charge in [-0.1, -0.05) is 30.3 Å². The first-order valence-corrected chi connectivity index (χ1v) is 5.64. The van der Waals surface area contributed by atoms with Crippen molar-refractivity contribution in [3.63, 3.8) is 0 Å². The number of nitrogens with one attached hydrogen (secondary N) is 2. The van der Waals surface area contributed by atoms with Crippen molar-refractivity contribution < 1.29 is 27.9 Å². The van der Waals surface area contributed by atoms with Crippen molar-refractivity contribution >= 4 is 11.8 Å². The van der Waals surface area contributed by atoms with E-state index in [2.05, 4.69) is 5.32 Å². The van der Waals surface area contributed by atoms with Crippen molar-refractivity contribution in [2.75, 3.05) is 13.2 Å². The van der Waals surface area contributed by atoms with Gasteiger partial charge < -0.3 is 15.7 Å². The smallest absolute Gasteiger partial charge is 0.394 e. The first-order valence-electron chi connectivity index (χ1n) is 5.64. The van der Waals surface area contributed by atoms with E-state index in [9.17, 15) is 22.8 Å². The summed E-state index contributed by atoms with van der Waals surface area (Å²) in [5, 5.41) is 12.7. The van der Waals surface area contributed by atoms with E-state index < -0.39 is 37.2 Å². The van der Waals surface area contributed by atoms with Gasteiger partial charge in [-0.2, -0.15) is 13.2 Å². The molecular formula is C12H13F3N2O3. The minimum Gasteiger partial charge on any atom is -0.394 e. The Hall–Kier alpha value is -2.09. The van der Waals surface area contributed by atoms with Crippen LogP contribution in [0.5, 0.6) is 0 Å². The van der Waals surface area contributed by atoms with Gasteiger partial charge >= 0.3 is 18.0 Å². The Morgan fingerprint density at radius 2 is 1.75 bits per heavy atom. The van der Waals surface area contributed by atoms with Gasteiger partial charge in [0.15, 0.2) is 0 Å². The van der Waals surface area contributed by atoms with Crippen LogP contribution in [0.25, 0.3) is 0 Å². The van der Waals surface area contributed by atoms with E-state index in [0.29, 0.717) is 5.56 Å². The Morgan fingerprint density at radius 3 is 2.25 bits per heavy atom. The lowest BCUT2D eigenvalue weighted by molar-refractivity contribution is -0.146. The topological polar surface area (TPSA) is 78.4 Å². The predicted molar refractivity (Wildman–Crippen MR) is 63.5 cm³/mol. The van der Waals surface area contributed by atoms with Crippen LogP contribution in [0.15, 0.2) is 30.3 Å². The molecule has 0 saturated heterocycles. The molecule has 20 heavy (non-hydrogen) atoms. The van der Waals surface area contributed by atoms with Crippen molar-refractivity contribution in [3.8, 4) is 0 Å². The number of carbonyl (C=O) groups excluding carboxylic acids is 2. The highest BCUT2D eigenvalue weighted by Crippen LogP contribution is 2.13. The molecule has 0 bridgehead atoms. The van der Waals surface area contributed by atoms with Crippen molar-refractivity contribution in [2.45, 2.75) is 12.2 Å². The second kappa shape index (κ2) is 6.90. The van der Waals surface area contributed by atoms with Crippen molar-refractivity contribution in [1.82, 2.24) is 10.6 Å². The van der Waals surface area contributed by atoms with Crippen LogP contribution in [-0.4, -0.2) is 36.2 Å². The van der Waals surface area contributed by atoms with Gasteiger partial charge in [0.25, 0.3) is 0 Å². The van der Waals surface area contributed by atoms with Crippen LogP contribution in [0, 0.1) is 0 Å². The molecule has 1 aromatic rings. The number of hydrogen-bond acceptors (Lipinski definition) is 3. The molecule has 2 amide bonds. The largest absolute Gasteiger partial charge is 0.405 e. The predicted octanol–water partition coefficient (Wildman–Crippen LogP) is 0.515. The first kappa shape index (κ1) is 16.0. The van der Waals surface area contributed by atoms with Crippen LogP contribution in [0.4, 0.5) is 13.2 Å². The number of hydrogen-bond donors (Lipinski definition) is 3. The van der Waals surface area contributed by atoms with Crippen molar-refractivity contribution in [3.05, 3.63) is 35.9 Å². The molecule has 110 valence electrons. The lowest BCUT2D eigenvalue weighted by atomic mass is 10.1. The standard InChI is InChI=1S/C12H13F3N2O3/c13-12(14,15)7-16-10(19)11(20)17-9(6-18)8-4-2-1-3-5-8/h1-5,9,18H,6-7H2,(H,16,19)(H,17,20). The number of amides is 2. The third-order valence-electron chi connectivity index (χ3n) is 2.35. The molecule has 0 aromatic heterocycles. The van der Waals surface area contributed by atoms with Gasteiger partial charge in [-0.15, -0.1) is 0 Å². The molecule has 5 nitrogen and oxygen atoms in total. The molecule has 0 saturated carbocycles. The van der Waals surface area contributed by atoms with Crippen LogP contribution in [0.2, 0.25) is 0 Å². The summed E-state index contributed by atoms with van der Waals surface area (Å²) in [7, 11) is 0. The number of aliphatic hydroxyl groups excluding tert-OH is 1. The van der Waals surface area contributed by atoms with Gasteiger partial charge in [-0.25, -0.2) is 0 Å². The third-order valence-corrected chi connectivity index (χ3v) is 2.35. The molecule has 0 aliphatic heterocycles. The number of benzene rings is 1. The Morgan fingerprint density at radius 1 is 1.15 bits per heavy atom. The lowest BCUT2D eigenvalue weighted by Gasteiger charge is -2.16. The quantitative estimate of drug-likeness (QED) is 0.707. The molecule has 0 fully saturated rings. The number of carbonyl (C=O) groups is 2. The SMILES string of the molecule is O=C(NCC(F)(F)F)C(=O)NC(CO)c1ccccc1. The molecule has 3 N–H and O–H groups in total. The third kappa shape index (κ3) is 5.27. The van der Waals surface area contributed by atoms with E-state index in [4.69, 9.17) is 5.11 Å². The number of alkyl halides is 3. The number of rotatable bonds is 4. The maximum atomic E-state index is 11.9. The van der Waals surface area contributed by atoms with E-state index in [1.807, 2.05) is 0 Å². The van der Waals surface area contributed by atoms with E-state index >= 15 is 0 Å². The maximum Gasteiger partial charge on any atom is 0.405 e. The molecule has 0 aliphatic carbocycles. The van der Waals surface area contributed by atoms with Gasteiger partial charge in [0.05, 0.1) is 12.6 Å². The minimum absolute atomic E-state index is 0.484. The summed E-state index contributed by atoms with van der Waals surface area (Å²) in [5.74, 6) is -2.64. The van der Waals surface area contributed by atoms with Crippen LogP contribution < -0.4 is 10.6 Å². The molecule has 1 atom stereocenters. The second-order valence-electron chi connectivity index (χ2n) is 3.92. The average Bonchev–Trinajstić information content (AvgIpc) is 2.42. The summed E-state index contributed by atoms with van der Waals surface area (Å²) >= 11 is 0. The van der Waals surface area contributed by atoms with Gasteiger partial charge in [0.2, 0.25) is 0 Å². The molecule has 0 radical (unpaired) electrons. The Kier molecular flexibility index (Phi) is 5.51. The summed E-state index contributed by atoms with van der Waals surface area (Å²) in [6.45, 7) is -2.07. The Balaban J connectivity index is 2.58. The van der Waals surface area contributed by atoms with Crippen molar-refractivity contribution in [1.29, 1.82) is 0 Å². The fourth-order valence-electron chi connectivity index (χ4n) is 1.40. The normalized spacial score (nSPS) is 12.6. The Labute approximate surface area is 112 Å². The fraction of sp³-hybridized carbons (Fsp3) is 0.333. The Bertz CT molecular complexity index is 463. The molecular weight excluding hydrogens is 277 g/mol. The van der Waals surface area contributed by atoms with Crippen molar-refractivity contribution in [2.24, 2.45) is 0 Å².